The quantitative estimate of drug-likeness (QED) is 0.0222. The normalized spacial score (nSPS) is 14.1. The molecule has 0 radical (unpaired) electrons. The largest absolute Gasteiger partial charge is 0.472 e. The van der Waals surface area contributed by atoms with Crippen molar-refractivity contribution in [3.63, 3.8) is 0 Å². The van der Waals surface area contributed by atoms with Gasteiger partial charge in [0, 0.05) is 25.7 Å². The molecule has 0 aromatic heterocycles. The standard InChI is InChI=1S/C77H150O17P2/c1-8-9-10-11-12-37-44-51-58-74(79)87-64-73(94-77(82)61-54-47-40-33-36-43-50-57-70(6)7)67-92-96(85,86)90-63-71(78)62-89-95(83,84)91-66-72(65-88-75(80)59-52-45-38-31-27-23-20-19-22-26-30-35-42-49-56-69(4)5)93-76(81)60-53-46-39-32-28-24-18-16-14-13-15-17-21-25-29-34-41-48-55-68(2)3/h68-73,78H,8-67H2,1-7H3,(H,83,84)(H,85,86)/t71-,72-,73-/m1/s1. The number of esters is 4. The number of ether oxygens (including phenoxy) is 4. The topological polar surface area (TPSA) is 237 Å². The summed E-state index contributed by atoms with van der Waals surface area (Å²) < 4.78 is 68.4. The molecular weight excluding hydrogens is 1260 g/mol. The van der Waals surface area contributed by atoms with E-state index >= 15 is 0 Å². The summed E-state index contributed by atoms with van der Waals surface area (Å²) >= 11 is 0. The second kappa shape index (κ2) is 67.5. The number of carbonyl (C=O) groups is 4. The van der Waals surface area contributed by atoms with Gasteiger partial charge in [-0.05, 0) is 43.4 Å². The van der Waals surface area contributed by atoms with Crippen molar-refractivity contribution in [2.24, 2.45) is 17.8 Å². The van der Waals surface area contributed by atoms with Gasteiger partial charge < -0.3 is 33.8 Å². The molecule has 0 aromatic carbocycles. The van der Waals surface area contributed by atoms with E-state index in [1.165, 1.54) is 199 Å². The first-order valence-electron chi connectivity index (χ1n) is 39.8. The van der Waals surface area contributed by atoms with Crippen LogP contribution in [0.25, 0.3) is 0 Å². The van der Waals surface area contributed by atoms with Crippen LogP contribution in [-0.4, -0.2) is 96.7 Å². The van der Waals surface area contributed by atoms with Gasteiger partial charge in [-0.3, -0.25) is 37.3 Å². The van der Waals surface area contributed by atoms with Crippen LogP contribution in [0.1, 0.15) is 395 Å². The van der Waals surface area contributed by atoms with Crippen molar-refractivity contribution in [2.75, 3.05) is 39.6 Å². The summed E-state index contributed by atoms with van der Waals surface area (Å²) in [5.74, 6) is 0.194. The van der Waals surface area contributed by atoms with E-state index in [2.05, 4.69) is 48.5 Å². The van der Waals surface area contributed by atoms with Crippen LogP contribution in [0, 0.1) is 17.8 Å². The Hall–Kier alpha value is -1.94. The molecule has 0 spiro atoms. The van der Waals surface area contributed by atoms with Gasteiger partial charge in [0.15, 0.2) is 12.2 Å². The van der Waals surface area contributed by atoms with Gasteiger partial charge in [0.05, 0.1) is 26.4 Å². The summed E-state index contributed by atoms with van der Waals surface area (Å²) in [5, 5.41) is 10.6. The van der Waals surface area contributed by atoms with Gasteiger partial charge in [-0.1, -0.05) is 344 Å². The number of phosphoric acid groups is 2. The van der Waals surface area contributed by atoms with Crippen molar-refractivity contribution in [2.45, 2.75) is 414 Å². The Balaban J connectivity index is 5.17. The fourth-order valence-electron chi connectivity index (χ4n) is 11.8. The third kappa shape index (κ3) is 70.5. The zero-order chi connectivity index (χ0) is 70.9. The van der Waals surface area contributed by atoms with E-state index in [1.807, 2.05) is 0 Å². The second-order valence-electron chi connectivity index (χ2n) is 29.2. The first-order valence-corrected chi connectivity index (χ1v) is 42.8. The zero-order valence-corrected chi connectivity index (χ0v) is 64.6. The number of aliphatic hydroxyl groups is 1. The molecule has 570 valence electrons. The molecule has 0 fully saturated rings. The van der Waals surface area contributed by atoms with E-state index in [1.54, 1.807) is 0 Å². The summed E-state index contributed by atoms with van der Waals surface area (Å²) in [5.41, 5.74) is 0. The minimum atomic E-state index is -4.96. The number of rotatable bonds is 75. The highest BCUT2D eigenvalue weighted by Crippen LogP contribution is 2.45. The molecule has 5 atom stereocenters. The molecule has 0 heterocycles. The third-order valence-corrected chi connectivity index (χ3v) is 19.8. The highest BCUT2D eigenvalue weighted by molar-refractivity contribution is 7.47. The van der Waals surface area contributed by atoms with Crippen LogP contribution in [-0.2, 0) is 65.4 Å². The molecule has 0 aromatic rings. The molecule has 96 heavy (non-hydrogen) atoms. The lowest BCUT2D eigenvalue weighted by Gasteiger charge is -2.21. The van der Waals surface area contributed by atoms with Gasteiger partial charge in [0.25, 0.3) is 0 Å². The van der Waals surface area contributed by atoms with Gasteiger partial charge >= 0.3 is 39.5 Å². The van der Waals surface area contributed by atoms with E-state index in [4.69, 9.17) is 37.0 Å². The average Bonchev–Trinajstić information content (AvgIpc) is 1.06. The Kier molecular flexibility index (Phi) is 66.2. The van der Waals surface area contributed by atoms with E-state index in [0.717, 1.165) is 108 Å². The van der Waals surface area contributed by atoms with Crippen molar-refractivity contribution < 1.29 is 80.2 Å². The molecule has 0 aliphatic rings. The second-order valence-corrected chi connectivity index (χ2v) is 32.1. The van der Waals surface area contributed by atoms with Gasteiger partial charge in [-0.2, -0.15) is 0 Å². The molecular formula is C77H150O17P2. The van der Waals surface area contributed by atoms with E-state index in [9.17, 15) is 43.2 Å². The molecule has 17 nitrogen and oxygen atoms in total. The van der Waals surface area contributed by atoms with Gasteiger partial charge in [-0.25, -0.2) is 9.13 Å². The van der Waals surface area contributed by atoms with Crippen LogP contribution in [0.2, 0.25) is 0 Å². The molecule has 3 N–H and O–H groups in total. The van der Waals surface area contributed by atoms with Crippen LogP contribution in [0.5, 0.6) is 0 Å². The number of hydrogen-bond acceptors (Lipinski definition) is 15. The molecule has 0 amide bonds. The Morgan fingerprint density at radius 2 is 0.479 bits per heavy atom. The Bertz CT molecular complexity index is 1870. The monoisotopic (exact) mass is 1410 g/mol. The lowest BCUT2D eigenvalue weighted by atomic mass is 10.0. The fraction of sp³-hybridized carbons (Fsp3) is 0.948. The Morgan fingerprint density at radius 3 is 0.708 bits per heavy atom. The van der Waals surface area contributed by atoms with Gasteiger partial charge in [-0.15, -0.1) is 0 Å². The van der Waals surface area contributed by atoms with Crippen LogP contribution in [0.4, 0.5) is 0 Å². The SMILES string of the molecule is CCCCCCCCCCC(=O)OC[C@H](COP(=O)(O)OC[C@H](O)COP(=O)(O)OC[C@@H](COC(=O)CCCCCCCCCCCCCCCCC(C)C)OC(=O)CCCCCCCCCCCCCCCCCCCCC(C)C)OC(=O)CCCCCCCCCC(C)C. The van der Waals surface area contributed by atoms with Crippen LogP contribution < -0.4 is 0 Å². The number of unbranched alkanes of at least 4 members (excludes halogenated alkanes) is 43. The van der Waals surface area contributed by atoms with E-state index in [-0.39, 0.29) is 25.7 Å². The van der Waals surface area contributed by atoms with Crippen molar-refractivity contribution >= 4 is 39.5 Å². The molecule has 0 saturated carbocycles. The number of aliphatic hydroxyl groups excluding tert-OH is 1. The smallest absolute Gasteiger partial charge is 0.462 e. The number of phosphoric ester groups is 2. The fourth-order valence-corrected chi connectivity index (χ4v) is 13.4. The first kappa shape index (κ1) is 94.1. The van der Waals surface area contributed by atoms with Crippen molar-refractivity contribution in [1.82, 2.24) is 0 Å². The maximum absolute atomic E-state index is 13.1. The number of hydrogen-bond donors (Lipinski definition) is 3. The average molecular weight is 1410 g/mol. The van der Waals surface area contributed by atoms with Crippen molar-refractivity contribution in [3.8, 4) is 0 Å². The van der Waals surface area contributed by atoms with E-state index < -0.39 is 97.5 Å². The van der Waals surface area contributed by atoms with Crippen LogP contribution in [0.3, 0.4) is 0 Å². The maximum Gasteiger partial charge on any atom is 0.472 e. The summed E-state index contributed by atoms with van der Waals surface area (Å²) in [6.07, 6.45) is 54.4. The molecule has 0 aliphatic heterocycles. The Morgan fingerprint density at radius 1 is 0.281 bits per heavy atom. The minimum absolute atomic E-state index is 0.103. The molecule has 2 unspecified atom stereocenters. The summed E-state index contributed by atoms with van der Waals surface area (Å²) in [6, 6.07) is 0. The summed E-state index contributed by atoms with van der Waals surface area (Å²) in [7, 11) is -9.91. The molecule has 0 saturated heterocycles. The summed E-state index contributed by atoms with van der Waals surface area (Å²) in [4.78, 5) is 72.7. The lowest BCUT2D eigenvalue weighted by Crippen LogP contribution is -2.30. The third-order valence-electron chi connectivity index (χ3n) is 17.9. The van der Waals surface area contributed by atoms with Crippen molar-refractivity contribution in [1.29, 1.82) is 0 Å². The van der Waals surface area contributed by atoms with Gasteiger partial charge in [0.1, 0.15) is 19.3 Å². The zero-order valence-electron chi connectivity index (χ0n) is 62.8. The molecule has 19 heteroatoms. The van der Waals surface area contributed by atoms with Crippen LogP contribution >= 0.6 is 15.6 Å². The molecule has 0 bridgehead atoms. The van der Waals surface area contributed by atoms with Gasteiger partial charge in [0.2, 0.25) is 0 Å². The highest BCUT2D eigenvalue weighted by atomic mass is 31.2. The van der Waals surface area contributed by atoms with Crippen molar-refractivity contribution in [3.05, 3.63) is 0 Å². The highest BCUT2D eigenvalue weighted by Gasteiger charge is 2.30. The predicted molar refractivity (Wildman–Crippen MR) is 391 cm³/mol. The predicted octanol–water partition coefficient (Wildman–Crippen LogP) is 22.6. The molecule has 0 rings (SSSR count). The van der Waals surface area contributed by atoms with Crippen LogP contribution in [0.15, 0.2) is 0 Å². The minimum Gasteiger partial charge on any atom is -0.462 e. The maximum atomic E-state index is 13.1. The molecule has 0 aliphatic carbocycles. The number of carbonyl (C=O) groups excluding carboxylic acids is 4. The first-order chi connectivity index (χ1) is 46.2. The Labute approximate surface area is 588 Å². The summed E-state index contributed by atoms with van der Waals surface area (Å²) in [6.45, 7) is 11.9. The van der Waals surface area contributed by atoms with E-state index in [0.29, 0.717) is 31.6 Å². The lowest BCUT2D eigenvalue weighted by molar-refractivity contribution is -0.161.